The minimum absolute atomic E-state index is 0.800. The van der Waals surface area contributed by atoms with E-state index in [2.05, 4.69) is 17.4 Å². The van der Waals surface area contributed by atoms with Gasteiger partial charge < -0.3 is 11.1 Å². The van der Waals surface area contributed by atoms with Gasteiger partial charge in [0.15, 0.2) is 0 Å². The van der Waals surface area contributed by atoms with Crippen LogP contribution in [0.4, 0.5) is 11.4 Å². The van der Waals surface area contributed by atoms with E-state index in [4.69, 9.17) is 5.73 Å². The molecule has 0 aromatic heterocycles. The third-order valence-electron chi connectivity index (χ3n) is 2.65. The van der Waals surface area contributed by atoms with Crippen molar-refractivity contribution in [1.82, 2.24) is 0 Å². The molecule has 0 saturated carbocycles. The van der Waals surface area contributed by atoms with Gasteiger partial charge in [0, 0.05) is 6.54 Å². The van der Waals surface area contributed by atoms with Crippen molar-refractivity contribution in [3.05, 3.63) is 59.7 Å². The highest BCUT2D eigenvalue weighted by atomic mass is 14.9. The summed E-state index contributed by atoms with van der Waals surface area (Å²) in [6.07, 6.45) is 0. The molecule has 0 aliphatic rings. The Labute approximate surface area is 96.1 Å². The number of anilines is 2. The zero-order valence-electron chi connectivity index (χ0n) is 9.40. The van der Waals surface area contributed by atoms with Gasteiger partial charge in [-0.15, -0.1) is 0 Å². The van der Waals surface area contributed by atoms with Gasteiger partial charge in [-0.05, 0) is 24.1 Å². The Kier molecular flexibility index (Phi) is 3.10. The zero-order chi connectivity index (χ0) is 11.4. The molecule has 2 nitrogen and oxygen atoms in total. The predicted molar refractivity (Wildman–Crippen MR) is 69.4 cm³/mol. The van der Waals surface area contributed by atoms with Crippen LogP contribution in [0.25, 0.3) is 0 Å². The van der Waals surface area contributed by atoms with Crippen molar-refractivity contribution in [2.75, 3.05) is 11.1 Å². The summed E-state index contributed by atoms with van der Waals surface area (Å²) in [6.45, 7) is 2.82. The largest absolute Gasteiger partial charge is 0.397 e. The second-order valence-corrected chi connectivity index (χ2v) is 3.88. The maximum atomic E-state index is 5.98. The molecular weight excluding hydrogens is 196 g/mol. The molecule has 0 aliphatic heterocycles. The van der Waals surface area contributed by atoms with Gasteiger partial charge in [-0.25, -0.2) is 0 Å². The summed E-state index contributed by atoms with van der Waals surface area (Å²) in [7, 11) is 0. The summed E-state index contributed by atoms with van der Waals surface area (Å²) in [5.74, 6) is 0. The first-order valence-corrected chi connectivity index (χ1v) is 5.40. The van der Waals surface area contributed by atoms with E-state index in [1.165, 1.54) is 5.56 Å². The Morgan fingerprint density at radius 1 is 1.00 bits per heavy atom. The molecule has 2 heteroatoms. The lowest BCUT2D eigenvalue weighted by Crippen LogP contribution is -2.03. The molecule has 16 heavy (non-hydrogen) atoms. The molecule has 0 heterocycles. The number of rotatable bonds is 3. The molecule has 82 valence electrons. The molecule has 2 aromatic rings. The van der Waals surface area contributed by atoms with E-state index in [1.54, 1.807) is 0 Å². The van der Waals surface area contributed by atoms with E-state index < -0.39 is 0 Å². The van der Waals surface area contributed by atoms with E-state index in [1.807, 2.05) is 43.3 Å². The van der Waals surface area contributed by atoms with Gasteiger partial charge in [0.05, 0.1) is 11.4 Å². The number of para-hydroxylation sites is 1. The fourth-order valence-electron chi connectivity index (χ4n) is 1.63. The average Bonchev–Trinajstić information content (AvgIpc) is 2.32. The molecule has 0 atom stereocenters. The molecule has 2 rings (SSSR count). The molecule has 0 saturated heterocycles. The van der Waals surface area contributed by atoms with E-state index in [0.717, 1.165) is 23.5 Å². The predicted octanol–water partition coefficient (Wildman–Crippen LogP) is 3.19. The number of aryl methyl sites for hydroxylation is 1. The second kappa shape index (κ2) is 4.71. The highest BCUT2D eigenvalue weighted by Crippen LogP contribution is 2.22. The van der Waals surface area contributed by atoms with Crippen molar-refractivity contribution in [1.29, 1.82) is 0 Å². The third kappa shape index (κ3) is 2.34. The van der Waals surface area contributed by atoms with Crippen LogP contribution in [0.3, 0.4) is 0 Å². The minimum atomic E-state index is 0.800. The van der Waals surface area contributed by atoms with Crippen LogP contribution >= 0.6 is 0 Å². The topological polar surface area (TPSA) is 38.0 Å². The number of hydrogen-bond donors (Lipinski definition) is 2. The van der Waals surface area contributed by atoms with Crippen molar-refractivity contribution in [3.63, 3.8) is 0 Å². The molecule has 2 aromatic carbocycles. The Balaban J connectivity index is 2.08. The SMILES string of the molecule is Cc1cccc(NCc2ccccc2)c1N. The average molecular weight is 212 g/mol. The summed E-state index contributed by atoms with van der Waals surface area (Å²) in [6, 6.07) is 16.3. The normalized spacial score (nSPS) is 10.1. The van der Waals surface area contributed by atoms with E-state index in [-0.39, 0.29) is 0 Å². The van der Waals surface area contributed by atoms with Crippen LogP contribution in [0, 0.1) is 6.92 Å². The zero-order valence-corrected chi connectivity index (χ0v) is 9.40. The lowest BCUT2D eigenvalue weighted by Gasteiger charge is -2.10. The number of benzene rings is 2. The monoisotopic (exact) mass is 212 g/mol. The molecule has 0 fully saturated rings. The summed E-state index contributed by atoms with van der Waals surface area (Å²) in [4.78, 5) is 0. The molecule has 0 amide bonds. The first kappa shape index (κ1) is 10.6. The lowest BCUT2D eigenvalue weighted by atomic mass is 10.1. The maximum Gasteiger partial charge on any atom is 0.0579 e. The number of nitrogens with one attached hydrogen (secondary N) is 1. The van der Waals surface area contributed by atoms with Crippen molar-refractivity contribution < 1.29 is 0 Å². The van der Waals surface area contributed by atoms with E-state index in [9.17, 15) is 0 Å². The summed E-state index contributed by atoms with van der Waals surface area (Å²) >= 11 is 0. The highest BCUT2D eigenvalue weighted by molar-refractivity contribution is 5.69. The van der Waals surface area contributed by atoms with E-state index >= 15 is 0 Å². The Bertz CT molecular complexity index is 463. The summed E-state index contributed by atoms with van der Waals surface area (Å²) in [5.41, 5.74) is 10.2. The summed E-state index contributed by atoms with van der Waals surface area (Å²) in [5, 5.41) is 3.35. The molecule has 3 N–H and O–H groups in total. The quantitative estimate of drug-likeness (QED) is 0.767. The van der Waals surface area contributed by atoms with Crippen LogP contribution in [0.15, 0.2) is 48.5 Å². The molecule has 0 radical (unpaired) electrons. The smallest absolute Gasteiger partial charge is 0.0579 e. The molecule has 0 aliphatic carbocycles. The Hall–Kier alpha value is -1.96. The van der Waals surface area contributed by atoms with Gasteiger partial charge in [-0.2, -0.15) is 0 Å². The Morgan fingerprint density at radius 3 is 2.50 bits per heavy atom. The first-order valence-electron chi connectivity index (χ1n) is 5.40. The van der Waals surface area contributed by atoms with Crippen molar-refractivity contribution >= 4 is 11.4 Å². The molecule has 0 unspecified atom stereocenters. The highest BCUT2D eigenvalue weighted by Gasteiger charge is 2.00. The summed E-state index contributed by atoms with van der Waals surface area (Å²) < 4.78 is 0. The molecular formula is C14H16N2. The van der Waals surface area contributed by atoms with Gasteiger partial charge in [0.1, 0.15) is 0 Å². The second-order valence-electron chi connectivity index (χ2n) is 3.88. The van der Waals surface area contributed by atoms with Gasteiger partial charge in [-0.3, -0.25) is 0 Å². The number of hydrogen-bond acceptors (Lipinski definition) is 2. The molecule has 0 spiro atoms. The van der Waals surface area contributed by atoms with Gasteiger partial charge in [0.2, 0.25) is 0 Å². The van der Waals surface area contributed by atoms with Crippen LogP contribution in [-0.2, 0) is 6.54 Å². The van der Waals surface area contributed by atoms with Crippen molar-refractivity contribution in [2.24, 2.45) is 0 Å². The number of nitrogens with two attached hydrogens (primary N) is 1. The standard InChI is InChI=1S/C14H16N2/c1-11-6-5-9-13(14(11)15)16-10-12-7-3-2-4-8-12/h2-9,16H,10,15H2,1H3. The van der Waals surface area contributed by atoms with Crippen LogP contribution in [-0.4, -0.2) is 0 Å². The van der Waals surface area contributed by atoms with Crippen molar-refractivity contribution in [2.45, 2.75) is 13.5 Å². The number of nitrogen functional groups attached to an aromatic ring is 1. The van der Waals surface area contributed by atoms with Crippen molar-refractivity contribution in [3.8, 4) is 0 Å². The minimum Gasteiger partial charge on any atom is -0.397 e. The molecule has 0 bridgehead atoms. The Morgan fingerprint density at radius 2 is 1.75 bits per heavy atom. The van der Waals surface area contributed by atoms with Crippen LogP contribution in [0.1, 0.15) is 11.1 Å². The van der Waals surface area contributed by atoms with E-state index in [0.29, 0.717) is 0 Å². The van der Waals surface area contributed by atoms with Crippen LogP contribution in [0.2, 0.25) is 0 Å². The fraction of sp³-hybridized carbons (Fsp3) is 0.143. The fourth-order valence-corrected chi connectivity index (χ4v) is 1.63. The van der Waals surface area contributed by atoms with Crippen LogP contribution < -0.4 is 11.1 Å². The lowest BCUT2D eigenvalue weighted by molar-refractivity contribution is 1.15. The third-order valence-corrected chi connectivity index (χ3v) is 2.65. The van der Waals surface area contributed by atoms with Gasteiger partial charge >= 0.3 is 0 Å². The van der Waals surface area contributed by atoms with Gasteiger partial charge in [0.25, 0.3) is 0 Å². The van der Waals surface area contributed by atoms with Crippen LogP contribution in [0.5, 0.6) is 0 Å². The maximum absolute atomic E-state index is 5.98. The van der Waals surface area contributed by atoms with Gasteiger partial charge in [-0.1, -0.05) is 42.5 Å². The first-order chi connectivity index (χ1) is 7.77.